The lowest BCUT2D eigenvalue weighted by atomic mass is 9.83. The predicted molar refractivity (Wildman–Crippen MR) is 162 cm³/mol. The van der Waals surface area contributed by atoms with Crippen LogP contribution < -0.4 is 11.1 Å². The third-order valence-corrected chi connectivity index (χ3v) is 7.99. The molecule has 4 aromatic rings. The minimum Gasteiger partial charge on any atom is -0.369 e. The van der Waals surface area contributed by atoms with Crippen molar-refractivity contribution in [1.82, 2.24) is 15.1 Å². The maximum absolute atomic E-state index is 17.0. The van der Waals surface area contributed by atoms with Crippen LogP contribution in [0.2, 0.25) is 0 Å². The number of ether oxygens (including phenoxy) is 1. The number of benzene rings is 3. The van der Waals surface area contributed by atoms with Crippen LogP contribution in [0.5, 0.6) is 0 Å². The summed E-state index contributed by atoms with van der Waals surface area (Å²) >= 11 is 0. The van der Waals surface area contributed by atoms with Crippen LogP contribution in [0.1, 0.15) is 58.2 Å². The largest absolute Gasteiger partial charge is 0.435 e. The smallest absolute Gasteiger partial charge is 0.369 e. The maximum atomic E-state index is 17.0. The second-order valence-electron chi connectivity index (χ2n) is 11.5. The number of rotatable bonds is 10. The Morgan fingerprint density at radius 1 is 1.02 bits per heavy atom. The number of amides is 1. The zero-order valence-electron chi connectivity index (χ0n) is 24.6. The van der Waals surface area contributed by atoms with Gasteiger partial charge in [-0.05, 0) is 65.8 Å². The number of allylic oxidation sites excluding steroid dienone is 3. The van der Waals surface area contributed by atoms with E-state index < -0.39 is 41.1 Å². The first-order valence-corrected chi connectivity index (χ1v) is 14.9. The average Bonchev–Trinajstić information content (AvgIpc) is 3.74. The fourth-order valence-electron chi connectivity index (χ4n) is 5.53. The molecule has 3 aromatic carbocycles. The molecule has 2 atom stereocenters. The quantitative estimate of drug-likeness (QED) is 0.140. The van der Waals surface area contributed by atoms with Crippen molar-refractivity contribution in [2.24, 2.45) is 11.7 Å². The number of hydrogen-bond donors (Lipinski definition) is 2. The Morgan fingerprint density at radius 2 is 1.76 bits per heavy atom. The molecule has 1 heterocycles. The SMILES string of the molecule is NCc1cccc(-n2nc(C(F)(F)F)cc2C(=O)NC2=CC(F)(c3ccccc3F)C=C(C(OCC3CC3)c3ccccc3)C2)c1. The Labute approximate surface area is 262 Å². The number of nitrogens with one attached hydrogen (secondary N) is 1. The Balaban J connectivity index is 1.40. The molecule has 0 radical (unpaired) electrons. The van der Waals surface area contributed by atoms with E-state index in [-0.39, 0.29) is 29.9 Å². The van der Waals surface area contributed by atoms with Crippen LogP contribution in [0.3, 0.4) is 0 Å². The molecule has 6 rings (SSSR count). The molecule has 2 aliphatic carbocycles. The van der Waals surface area contributed by atoms with Gasteiger partial charge < -0.3 is 15.8 Å². The van der Waals surface area contributed by atoms with Gasteiger partial charge in [0.1, 0.15) is 17.6 Å². The molecular formula is C35H31F5N4O2. The van der Waals surface area contributed by atoms with Gasteiger partial charge in [-0.1, -0.05) is 60.7 Å². The molecule has 0 aliphatic heterocycles. The van der Waals surface area contributed by atoms with Crippen LogP contribution in [0.4, 0.5) is 22.0 Å². The monoisotopic (exact) mass is 634 g/mol. The Morgan fingerprint density at radius 3 is 2.46 bits per heavy atom. The molecule has 238 valence electrons. The number of hydrogen-bond acceptors (Lipinski definition) is 4. The summed E-state index contributed by atoms with van der Waals surface area (Å²) in [6.07, 6.45) is -1.15. The zero-order chi connectivity index (χ0) is 32.5. The molecule has 2 aliphatic rings. The van der Waals surface area contributed by atoms with Gasteiger partial charge in [-0.15, -0.1) is 0 Å². The molecule has 3 N–H and O–H groups in total. The summed E-state index contributed by atoms with van der Waals surface area (Å²) in [6, 6.07) is 21.5. The highest BCUT2D eigenvalue weighted by molar-refractivity contribution is 5.94. The van der Waals surface area contributed by atoms with E-state index in [0.29, 0.717) is 29.7 Å². The lowest BCUT2D eigenvalue weighted by Crippen LogP contribution is -2.31. The van der Waals surface area contributed by atoms with Gasteiger partial charge >= 0.3 is 6.18 Å². The fraction of sp³-hybridized carbons (Fsp3) is 0.257. The van der Waals surface area contributed by atoms with Gasteiger partial charge in [0, 0.05) is 30.3 Å². The van der Waals surface area contributed by atoms with Gasteiger partial charge in [-0.3, -0.25) is 4.79 Å². The molecule has 6 nitrogen and oxygen atoms in total. The highest BCUT2D eigenvalue weighted by atomic mass is 19.4. The molecular weight excluding hydrogens is 603 g/mol. The van der Waals surface area contributed by atoms with E-state index in [1.54, 1.807) is 12.1 Å². The topological polar surface area (TPSA) is 82.2 Å². The van der Waals surface area contributed by atoms with E-state index in [1.807, 2.05) is 30.3 Å². The number of aromatic nitrogens is 2. The Hall–Kier alpha value is -4.61. The second-order valence-corrected chi connectivity index (χ2v) is 11.5. The maximum Gasteiger partial charge on any atom is 0.435 e. The van der Waals surface area contributed by atoms with E-state index in [4.69, 9.17) is 10.5 Å². The number of halogens is 5. The summed E-state index contributed by atoms with van der Waals surface area (Å²) < 4.78 is 80.6. The Kier molecular flexibility index (Phi) is 8.63. The summed E-state index contributed by atoms with van der Waals surface area (Å²) in [4.78, 5) is 13.7. The highest BCUT2D eigenvalue weighted by Crippen LogP contribution is 2.43. The molecule has 1 aromatic heterocycles. The first-order chi connectivity index (χ1) is 22.0. The lowest BCUT2D eigenvalue weighted by molar-refractivity contribution is -0.141. The standard InChI is InChI=1S/C35H31F5N4O2/c36-29-12-5-4-11-28(29)34(37)18-25(32(46-21-22-13-14-22)24-8-2-1-3-9-24)16-26(19-34)42-33(45)30-17-31(35(38,39)40)43-44(30)27-10-6-7-23(15-27)20-41/h1-12,15,17-19,22,32H,13-14,16,20-21,41H2,(H,42,45). The molecule has 0 bridgehead atoms. The highest BCUT2D eigenvalue weighted by Gasteiger charge is 2.39. The van der Waals surface area contributed by atoms with Crippen molar-refractivity contribution in [3.8, 4) is 5.69 Å². The number of alkyl halides is 4. The summed E-state index contributed by atoms with van der Waals surface area (Å²) in [5.74, 6) is -1.38. The van der Waals surface area contributed by atoms with E-state index in [9.17, 15) is 18.0 Å². The van der Waals surface area contributed by atoms with Crippen molar-refractivity contribution in [2.75, 3.05) is 6.61 Å². The molecule has 1 fully saturated rings. The van der Waals surface area contributed by atoms with Gasteiger partial charge in [0.05, 0.1) is 12.3 Å². The number of nitrogens with two attached hydrogens (primary N) is 1. The van der Waals surface area contributed by atoms with Gasteiger partial charge in [0.2, 0.25) is 0 Å². The van der Waals surface area contributed by atoms with Crippen molar-refractivity contribution < 1.29 is 31.5 Å². The minimum atomic E-state index is -4.84. The van der Waals surface area contributed by atoms with Crippen molar-refractivity contribution >= 4 is 5.91 Å². The Bertz CT molecular complexity index is 1800. The van der Waals surface area contributed by atoms with Crippen LogP contribution in [0, 0.1) is 11.7 Å². The van der Waals surface area contributed by atoms with E-state index >= 15 is 8.78 Å². The normalized spacial score (nSPS) is 18.9. The molecule has 1 saturated carbocycles. The number of carbonyl (C=O) groups excluding carboxylic acids is 1. The summed E-state index contributed by atoms with van der Waals surface area (Å²) in [5, 5.41) is 6.28. The lowest BCUT2D eigenvalue weighted by Gasteiger charge is -2.31. The number of carbonyl (C=O) groups is 1. The van der Waals surface area contributed by atoms with Crippen LogP contribution >= 0.6 is 0 Å². The van der Waals surface area contributed by atoms with E-state index in [2.05, 4.69) is 10.4 Å². The van der Waals surface area contributed by atoms with Crippen molar-refractivity contribution in [3.63, 3.8) is 0 Å². The van der Waals surface area contributed by atoms with E-state index in [1.165, 1.54) is 36.4 Å². The molecule has 0 saturated heterocycles. The third kappa shape index (κ3) is 6.80. The van der Waals surface area contributed by atoms with Crippen molar-refractivity contribution in [2.45, 2.75) is 43.8 Å². The first-order valence-electron chi connectivity index (χ1n) is 14.9. The van der Waals surface area contributed by atoms with Gasteiger partial charge in [0.25, 0.3) is 5.91 Å². The summed E-state index contributed by atoms with van der Waals surface area (Å²) in [5.41, 5.74) is 3.22. The average molecular weight is 635 g/mol. The molecule has 2 unspecified atom stereocenters. The third-order valence-electron chi connectivity index (χ3n) is 7.99. The summed E-state index contributed by atoms with van der Waals surface area (Å²) in [6.45, 7) is 0.549. The first kappa shape index (κ1) is 31.4. The van der Waals surface area contributed by atoms with Crippen LogP contribution in [-0.4, -0.2) is 22.3 Å². The van der Waals surface area contributed by atoms with Crippen LogP contribution in [0.25, 0.3) is 5.69 Å². The molecule has 0 spiro atoms. The van der Waals surface area contributed by atoms with Crippen LogP contribution in [0.15, 0.2) is 108 Å². The van der Waals surface area contributed by atoms with Crippen molar-refractivity contribution in [1.29, 1.82) is 0 Å². The van der Waals surface area contributed by atoms with Gasteiger partial charge in [-0.25, -0.2) is 13.5 Å². The fourth-order valence-corrected chi connectivity index (χ4v) is 5.53. The molecule has 1 amide bonds. The number of nitrogens with zero attached hydrogens (tertiary/aromatic N) is 2. The minimum absolute atomic E-state index is 0.0149. The van der Waals surface area contributed by atoms with Crippen LogP contribution in [-0.2, 0) is 23.1 Å². The van der Waals surface area contributed by atoms with Crippen molar-refractivity contribution in [3.05, 3.63) is 142 Å². The molecule has 11 heteroatoms. The van der Waals surface area contributed by atoms with E-state index in [0.717, 1.165) is 35.2 Å². The second kappa shape index (κ2) is 12.6. The van der Waals surface area contributed by atoms with Gasteiger partial charge in [-0.2, -0.15) is 18.3 Å². The molecule has 46 heavy (non-hydrogen) atoms. The zero-order valence-corrected chi connectivity index (χ0v) is 24.6. The predicted octanol–water partition coefficient (Wildman–Crippen LogP) is 7.47. The summed E-state index contributed by atoms with van der Waals surface area (Å²) in [7, 11) is 0. The van der Waals surface area contributed by atoms with Gasteiger partial charge in [0.15, 0.2) is 11.4 Å².